The van der Waals surface area contributed by atoms with Crippen LogP contribution >= 0.6 is 0 Å². The zero-order chi connectivity index (χ0) is 12.1. The van der Waals surface area contributed by atoms with Gasteiger partial charge in [0.2, 0.25) is 0 Å². The molecule has 4 heteroatoms. The van der Waals surface area contributed by atoms with Gasteiger partial charge in [0, 0.05) is 18.6 Å². The average molecular weight is 227 g/mol. The van der Waals surface area contributed by atoms with Crippen molar-refractivity contribution in [1.29, 1.82) is 0 Å². The third-order valence-electron chi connectivity index (χ3n) is 3.49. The Bertz CT molecular complexity index is 230. The Labute approximate surface area is 98.3 Å². The van der Waals surface area contributed by atoms with Gasteiger partial charge in [-0.2, -0.15) is 0 Å². The van der Waals surface area contributed by atoms with Crippen molar-refractivity contribution in [2.24, 2.45) is 17.6 Å². The van der Waals surface area contributed by atoms with Crippen LogP contribution in [0.15, 0.2) is 0 Å². The third-order valence-corrected chi connectivity index (χ3v) is 3.49. The maximum atomic E-state index is 11.5. The molecule has 1 unspecified atom stereocenters. The second-order valence-electron chi connectivity index (χ2n) is 5.33. The highest BCUT2D eigenvalue weighted by atomic mass is 16.2. The Balaban J connectivity index is 2.15. The fourth-order valence-corrected chi connectivity index (χ4v) is 1.96. The van der Waals surface area contributed by atoms with E-state index in [1.165, 1.54) is 0 Å². The summed E-state index contributed by atoms with van der Waals surface area (Å²) in [4.78, 5) is 11.5. The minimum Gasteiger partial charge on any atom is -0.338 e. The molecule has 0 heterocycles. The molecular formula is C12H25N3O. The van der Waals surface area contributed by atoms with E-state index in [0.29, 0.717) is 17.9 Å². The Morgan fingerprint density at radius 1 is 1.38 bits per heavy atom. The largest absolute Gasteiger partial charge is 0.338 e. The molecular weight excluding hydrogens is 202 g/mol. The van der Waals surface area contributed by atoms with E-state index in [9.17, 15) is 4.79 Å². The van der Waals surface area contributed by atoms with E-state index >= 15 is 0 Å². The lowest BCUT2D eigenvalue weighted by Gasteiger charge is -2.19. The maximum Gasteiger partial charge on any atom is 0.315 e. The molecule has 0 aromatic carbocycles. The molecule has 0 aromatic rings. The van der Waals surface area contributed by atoms with Crippen LogP contribution in [0, 0.1) is 11.8 Å². The van der Waals surface area contributed by atoms with Gasteiger partial charge in [-0.25, -0.2) is 4.79 Å². The molecule has 2 amide bonds. The van der Waals surface area contributed by atoms with Crippen LogP contribution in [0.4, 0.5) is 4.79 Å². The summed E-state index contributed by atoms with van der Waals surface area (Å²) in [7, 11) is 0. The number of carbonyl (C=O) groups is 1. The first-order chi connectivity index (χ1) is 7.49. The topological polar surface area (TPSA) is 67.2 Å². The first-order valence-corrected chi connectivity index (χ1v) is 6.29. The van der Waals surface area contributed by atoms with E-state index in [0.717, 1.165) is 25.8 Å². The molecule has 1 aliphatic rings. The first kappa shape index (κ1) is 13.3. The molecule has 0 spiro atoms. The van der Waals surface area contributed by atoms with Gasteiger partial charge in [0.25, 0.3) is 0 Å². The van der Waals surface area contributed by atoms with Gasteiger partial charge in [0.1, 0.15) is 0 Å². The van der Waals surface area contributed by atoms with Gasteiger partial charge in [0.15, 0.2) is 0 Å². The van der Waals surface area contributed by atoms with Crippen molar-refractivity contribution in [3.05, 3.63) is 0 Å². The smallest absolute Gasteiger partial charge is 0.315 e. The van der Waals surface area contributed by atoms with Crippen LogP contribution in [0.1, 0.15) is 40.0 Å². The number of nitrogens with one attached hydrogen (secondary N) is 2. The maximum absolute atomic E-state index is 11.5. The fraction of sp³-hybridized carbons (Fsp3) is 0.917. The highest BCUT2D eigenvalue weighted by Crippen LogP contribution is 2.22. The number of hydrogen-bond acceptors (Lipinski definition) is 2. The molecule has 0 aromatic heterocycles. The average Bonchev–Trinajstić information content (AvgIpc) is 2.61. The monoisotopic (exact) mass is 227 g/mol. The summed E-state index contributed by atoms with van der Waals surface area (Å²) in [6.07, 6.45) is 3.28. The SMILES string of the molecule is CC(C)C(C)NC(=O)NC[C@@H]1CC[C@H](N)C1. The molecule has 16 heavy (non-hydrogen) atoms. The number of urea groups is 1. The Hall–Kier alpha value is -0.770. The van der Waals surface area contributed by atoms with Crippen LogP contribution in [0.3, 0.4) is 0 Å². The highest BCUT2D eigenvalue weighted by Gasteiger charge is 2.22. The van der Waals surface area contributed by atoms with Gasteiger partial charge in [-0.15, -0.1) is 0 Å². The summed E-state index contributed by atoms with van der Waals surface area (Å²) in [5.41, 5.74) is 5.82. The number of hydrogen-bond donors (Lipinski definition) is 3. The summed E-state index contributed by atoms with van der Waals surface area (Å²) in [6, 6.07) is 0.497. The van der Waals surface area contributed by atoms with Crippen LogP contribution in [-0.4, -0.2) is 24.7 Å². The van der Waals surface area contributed by atoms with Gasteiger partial charge < -0.3 is 16.4 Å². The van der Waals surface area contributed by atoms with Gasteiger partial charge in [-0.1, -0.05) is 13.8 Å². The van der Waals surface area contributed by atoms with E-state index in [2.05, 4.69) is 24.5 Å². The van der Waals surface area contributed by atoms with Crippen LogP contribution in [0.25, 0.3) is 0 Å². The minimum atomic E-state index is -0.0540. The summed E-state index contributed by atoms with van der Waals surface area (Å²) in [5.74, 6) is 1.03. The van der Waals surface area contributed by atoms with Gasteiger partial charge in [-0.05, 0) is 38.0 Å². The van der Waals surface area contributed by atoms with Crippen molar-refractivity contribution in [3.8, 4) is 0 Å². The van der Waals surface area contributed by atoms with Crippen molar-refractivity contribution in [3.63, 3.8) is 0 Å². The van der Waals surface area contributed by atoms with Crippen LogP contribution < -0.4 is 16.4 Å². The highest BCUT2D eigenvalue weighted by molar-refractivity contribution is 5.74. The zero-order valence-electron chi connectivity index (χ0n) is 10.6. The molecule has 1 fully saturated rings. The zero-order valence-corrected chi connectivity index (χ0v) is 10.6. The van der Waals surface area contributed by atoms with E-state index in [1.54, 1.807) is 0 Å². The molecule has 4 N–H and O–H groups in total. The summed E-state index contributed by atoms with van der Waals surface area (Å²) < 4.78 is 0. The molecule has 94 valence electrons. The van der Waals surface area contributed by atoms with Gasteiger partial charge in [0.05, 0.1) is 0 Å². The molecule has 0 saturated heterocycles. The minimum absolute atomic E-state index is 0.0540. The summed E-state index contributed by atoms with van der Waals surface area (Å²) >= 11 is 0. The van der Waals surface area contributed by atoms with Crippen molar-refractivity contribution in [2.45, 2.75) is 52.1 Å². The number of nitrogens with two attached hydrogens (primary N) is 1. The predicted octanol–water partition coefficient (Wildman–Crippen LogP) is 1.46. The van der Waals surface area contributed by atoms with Crippen molar-refractivity contribution < 1.29 is 4.79 Å². The Morgan fingerprint density at radius 2 is 2.06 bits per heavy atom. The molecule has 4 nitrogen and oxygen atoms in total. The standard InChI is InChI=1S/C12H25N3O/c1-8(2)9(3)15-12(16)14-7-10-4-5-11(13)6-10/h8-11H,4-7,13H2,1-3H3,(H2,14,15,16)/t9?,10-,11+/m1/s1. The van der Waals surface area contributed by atoms with Gasteiger partial charge in [-0.3, -0.25) is 0 Å². The molecule has 0 aliphatic heterocycles. The lowest BCUT2D eigenvalue weighted by molar-refractivity contribution is 0.232. The van der Waals surface area contributed by atoms with E-state index < -0.39 is 0 Å². The lowest BCUT2D eigenvalue weighted by atomic mass is 10.1. The summed E-state index contributed by atoms with van der Waals surface area (Å²) in [6.45, 7) is 6.97. The first-order valence-electron chi connectivity index (χ1n) is 6.29. The second-order valence-corrected chi connectivity index (χ2v) is 5.33. The molecule has 1 aliphatic carbocycles. The van der Waals surface area contributed by atoms with Crippen LogP contribution in [-0.2, 0) is 0 Å². The van der Waals surface area contributed by atoms with E-state index in [4.69, 9.17) is 5.73 Å². The Kier molecular flexibility index (Phi) is 5.06. The van der Waals surface area contributed by atoms with Crippen LogP contribution in [0.2, 0.25) is 0 Å². The van der Waals surface area contributed by atoms with E-state index in [1.807, 2.05) is 6.92 Å². The third kappa shape index (κ3) is 4.39. The molecule has 1 saturated carbocycles. The Morgan fingerprint density at radius 3 is 2.56 bits per heavy atom. The lowest BCUT2D eigenvalue weighted by Crippen LogP contribution is -2.44. The molecule has 3 atom stereocenters. The fourth-order valence-electron chi connectivity index (χ4n) is 1.96. The normalized spacial score (nSPS) is 26.8. The second kappa shape index (κ2) is 6.09. The molecule has 1 rings (SSSR count). The van der Waals surface area contributed by atoms with Crippen molar-refractivity contribution in [2.75, 3.05) is 6.54 Å². The van der Waals surface area contributed by atoms with Gasteiger partial charge >= 0.3 is 6.03 Å². The number of rotatable bonds is 4. The van der Waals surface area contributed by atoms with Crippen LogP contribution in [0.5, 0.6) is 0 Å². The molecule has 0 bridgehead atoms. The number of carbonyl (C=O) groups excluding carboxylic acids is 1. The quantitative estimate of drug-likeness (QED) is 0.680. The number of amides is 2. The van der Waals surface area contributed by atoms with Crippen molar-refractivity contribution >= 4 is 6.03 Å². The predicted molar refractivity (Wildman–Crippen MR) is 66.2 cm³/mol. The summed E-state index contributed by atoms with van der Waals surface area (Å²) in [5, 5.41) is 5.86. The van der Waals surface area contributed by atoms with Crippen molar-refractivity contribution in [1.82, 2.24) is 10.6 Å². The van der Waals surface area contributed by atoms with E-state index in [-0.39, 0.29) is 12.1 Å². The molecule has 0 radical (unpaired) electrons.